The van der Waals surface area contributed by atoms with Crippen LogP contribution in [0.25, 0.3) is 118 Å². The first kappa shape index (κ1) is 30.7. The third-order valence-electron chi connectivity index (χ3n) is 10.7. The van der Waals surface area contributed by atoms with Gasteiger partial charge in [-0.05, 0) is 70.4 Å². The van der Waals surface area contributed by atoms with Gasteiger partial charge in [-0.2, -0.15) is 0 Å². The normalized spacial score (nSPS) is 12.0. The zero-order valence-electron chi connectivity index (χ0n) is 29.2. The number of furan rings is 1. The summed E-state index contributed by atoms with van der Waals surface area (Å²) >= 11 is 3.64. The van der Waals surface area contributed by atoms with Crippen LogP contribution in [0.2, 0.25) is 0 Å². The largest absolute Gasteiger partial charge is 0.456 e. The van der Waals surface area contributed by atoms with E-state index in [0.29, 0.717) is 17.5 Å². The number of benzene rings is 8. The molecule has 0 radical (unpaired) electrons. The molecule has 4 nitrogen and oxygen atoms in total. The second-order valence-electron chi connectivity index (χ2n) is 14.0. The fraction of sp³-hybridized carbons (Fsp3) is 0. The van der Waals surface area contributed by atoms with Crippen LogP contribution in [-0.2, 0) is 0 Å². The van der Waals surface area contributed by atoms with E-state index in [4.69, 9.17) is 19.4 Å². The van der Waals surface area contributed by atoms with Gasteiger partial charge in [-0.15, -0.1) is 22.7 Å². The van der Waals surface area contributed by atoms with E-state index < -0.39 is 0 Å². The molecule has 12 aromatic rings. The molecule has 0 aliphatic rings. The molecule has 0 bridgehead atoms. The number of hydrogen-bond acceptors (Lipinski definition) is 6. The zero-order chi connectivity index (χ0) is 36.0. The van der Waals surface area contributed by atoms with E-state index in [2.05, 4.69) is 133 Å². The average molecular weight is 738 g/mol. The summed E-state index contributed by atoms with van der Waals surface area (Å²) in [4.78, 5) is 15.6. The summed E-state index contributed by atoms with van der Waals surface area (Å²) in [5.74, 6) is 1.86. The Morgan fingerprint density at radius 3 is 1.78 bits per heavy atom. The first-order valence-electron chi connectivity index (χ1n) is 18.2. The van der Waals surface area contributed by atoms with Crippen molar-refractivity contribution in [3.63, 3.8) is 0 Å². The van der Waals surface area contributed by atoms with Crippen LogP contribution in [-0.4, -0.2) is 15.0 Å². The lowest BCUT2D eigenvalue weighted by molar-refractivity contribution is 0.669. The molecule has 0 spiro atoms. The molecule has 55 heavy (non-hydrogen) atoms. The first-order valence-corrected chi connectivity index (χ1v) is 19.9. The van der Waals surface area contributed by atoms with E-state index in [-0.39, 0.29) is 0 Å². The predicted octanol–water partition coefficient (Wildman–Crippen LogP) is 14.3. The molecular formula is C49H27N3OS2. The summed E-state index contributed by atoms with van der Waals surface area (Å²) in [5.41, 5.74) is 6.70. The number of nitrogens with zero attached hydrogens (tertiary/aromatic N) is 3. The van der Waals surface area contributed by atoms with Gasteiger partial charge in [-0.25, -0.2) is 15.0 Å². The topological polar surface area (TPSA) is 51.8 Å². The molecule has 0 N–H and O–H groups in total. The fourth-order valence-electron chi connectivity index (χ4n) is 8.06. The highest BCUT2D eigenvalue weighted by molar-refractivity contribution is 7.26. The minimum absolute atomic E-state index is 0.608. The summed E-state index contributed by atoms with van der Waals surface area (Å²) in [6, 6.07) is 58.0. The monoisotopic (exact) mass is 737 g/mol. The second kappa shape index (κ2) is 11.9. The van der Waals surface area contributed by atoms with Gasteiger partial charge in [0.2, 0.25) is 0 Å². The van der Waals surface area contributed by atoms with Gasteiger partial charge in [0.15, 0.2) is 17.5 Å². The molecule has 4 aromatic heterocycles. The summed E-state index contributed by atoms with van der Waals surface area (Å²) < 4.78 is 11.3. The number of hydrogen-bond donors (Lipinski definition) is 0. The SMILES string of the molecule is c1cc(-c2ccc3c(c2)sc2ccccc23)cc(-c2nc(-c3ccc4c(c3)sc3cc5ccccc5cc34)nc(-c3cccc4oc5ccccc5c34)n2)c1. The van der Waals surface area contributed by atoms with Gasteiger partial charge in [-0.3, -0.25) is 0 Å². The molecular weight excluding hydrogens is 711 g/mol. The minimum Gasteiger partial charge on any atom is -0.456 e. The van der Waals surface area contributed by atoms with Crippen LogP contribution in [0.15, 0.2) is 168 Å². The molecule has 0 unspecified atom stereocenters. The molecule has 0 aliphatic carbocycles. The molecule has 8 aromatic carbocycles. The number of para-hydroxylation sites is 1. The van der Waals surface area contributed by atoms with Gasteiger partial charge >= 0.3 is 0 Å². The van der Waals surface area contributed by atoms with Crippen molar-refractivity contribution in [2.75, 3.05) is 0 Å². The summed E-state index contributed by atoms with van der Waals surface area (Å²) in [5, 5.41) is 9.63. The van der Waals surface area contributed by atoms with Crippen LogP contribution in [0.1, 0.15) is 0 Å². The van der Waals surface area contributed by atoms with Gasteiger partial charge in [0.05, 0.1) is 0 Å². The quantitative estimate of drug-likeness (QED) is 0.180. The van der Waals surface area contributed by atoms with Crippen molar-refractivity contribution in [1.29, 1.82) is 0 Å². The Kier molecular flexibility index (Phi) is 6.64. The molecule has 0 amide bonds. The van der Waals surface area contributed by atoms with E-state index in [1.807, 2.05) is 53.0 Å². The summed E-state index contributed by atoms with van der Waals surface area (Å²) in [6.07, 6.45) is 0. The Bertz CT molecular complexity index is 3520. The van der Waals surface area contributed by atoms with Crippen LogP contribution in [0.3, 0.4) is 0 Å². The van der Waals surface area contributed by atoms with Gasteiger partial charge in [0.25, 0.3) is 0 Å². The highest BCUT2D eigenvalue weighted by Crippen LogP contribution is 2.41. The van der Waals surface area contributed by atoms with Crippen LogP contribution in [0.5, 0.6) is 0 Å². The molecule has 12 rings (SSSR count). The molecule has 0 saturated heterocycles. The van der Waals surface area contributed by atoms with E-state index in [0.717, 1.165) is 49.8 Å². The molecule has 0 saturated carbocycles. The van der Waals surface area contributed by atoms with Crippen LogP contribution >= 0.6 is 22.7 Å². The molecule has 6 heteroatoms. The van der Waals surface area contributed by atoms with Crippen molar-refractivity contribution in [2.24, 2.45) is 0 Å². The smallest absolute Gasteiger partial charge is 0.164 e. The maximum absolute atomic E-state index is 6.30. The lowest BCUT2D eigenvalue weighted by Gasteiger charge is -2.10. The van der Waals surface area contributed by atoms with Crippen molar-refractivity contribution in [2.45, 2.75) is 0 Å². The highest BCUT2D eigenvalue weighted by Gasteiger charge is 2.19. The van der Waals surface area contributed by atoms with Crippen LogP contribution < -0.4 is 0 Å². The number of aromatic nitrogens is 3. The van der Waals surface area contributed by atoms with Gasteiger partial charge in [0, 0.05) is 67.8 Å². The van der Waals surface area contributed by atoms with Crippen molar-refractivity contribution >= 4 is 95.7 Å². The van der Waals surface area contributed by atoms with Gasteiger partial charge < -0.3 is 4.42 Å². The molecule has 0 aliphatic heterocycles. The summed E-state index contributed by atoms with van der Waals surface area (Å²) in [6.45, 7) is 0. The molecule has 256 valence electrons. The summed E-state index contributed by atoms with van der Waals surface area (Å²) in [7, 11) is 0. The number of thiophene rings is 2. The first-order chi connectivity index (χ1) is 27.2. The Morgan fingerprint density at radius 2 is 0.909 bits per heavy atom. The Balaban J connectivity index is 1.05. The van der Waals surface area contributed by atoms with Crippen molar-refractivity contribution < 1.29 is 4.42 Å². The number of rotatable bonds is 4. The van der Waals surface area contributed by atoms with Crippen molar-refractivity contribution in [3.05, 3.63) is 164 Å². The van der Waals surface area contributed by atoms with E-state index in [1.54, 1.807) is 0 Å². The van der Waals surface area contributed by atoms with Crippen molar-refractivity contribution in [3.8, 4) is 45.3 Å². The van der Waals surface area contributed by atoms with Crippen LogP contribution in [0.4, 0.5) is 0 Å². The van der Waals surface area contributed by atoms with E-state index >= 15 is 0 Å². The Morgan fingerprint density at radius 1 is 0.345 bits per heavy atom. The maximum Gasteiger partial charge on any atom is 0.164 e. The Labute approximate surface area is 322 Å². The third-order valence-corrected chi connectivity index (χ3v) is 13.0. The van der Waals surface area contributed by atoms with Gasteiger partial charge in [-0.1, -0.05) is 115 Å². The standard InChI is InChI=1S/C49H27N3OS2/c1-2-10-30-25-45-39(24-29(30)9-1)36-22-20-33(27-44(36)55-45)48-50-47(51-49(52-48)38-15-8-17-41-46(38)37-14-3-5-16-40(37)53-41)32-12-7-11-28(23-32)31-19-21-35-34-13-4-6-18-42(34)54-43(35)26-31/h1-27H. The van der Waals surface area contributed by atoms with Crippen LogP contribution in [0, 0.1) is 0 Å². The van der Waals surface area contributed by atoms with Gasteiger partial charge in [0.1, 0.15) is 11.2 Å². The molecule has 0 fully saturated rings. The average Bonchev–Trinajstić information content (AvgIpc) is 3.93. The second-order valence-corrected chi connectivity index (χ2v) is 16.1. The molecule has 0 atom stereocenters. The number of fused-ring (bicyclic) bond motifs is 10. The minimum atomic E-state index is 0.608. The van der Waals surface area contributed by atoms with Crippen molar-refractivity contribution in [1.82, 2.24) is 15.0 Å². The van der Waals surface area contributed by atoms with E-state index in [9.17, 15) is 0 Å². The maximum atomic E-state index is 6.30. The third kappa shape index (κ3) is 4.92. The lowest BCUT2D eigenvalue weighted by atomic mass is 10.0. The highest BCUT2D eigenvalue weighted by atomic mass is 32.1. The fourth-order valence-corrected chi connectivity index (χ4v) is 10.4. The zero-order valence-corrected chi connectivity index (χ0v) is 30.8. The predicted molar refractivity (Wildman–Crippen MR) is 232 cm³/mol. The lowest BCUT2D eigenvalue weighted by Crippen LogP contribution is -2.00. The Hall–Kier alpha value is -6.73. The van der Waals surface area contributed by atoms with E-state index in [1.165, 1.54) is 51.1 Å². The molecule has 4 heterocycles.